The van der Waals surface area contributed by atoms with Gasteiger partial charge in [0.2, 0.25) is 0 Å². The molecule has 0 aliphatic carbocycles. The van der Waals surface area contributed by atoms with E-state index in [0.29, 0.717) is 12.4 Å². The van der Waals surface area contributed by atoms with Gasteiger partial charge in [0.05, 0.1) is 11.2 Å². The van der Waals surface area contributed by atoms with Gasteiger partial charge in [-0.05, 0) is 41.0 Å². The number of hydrogen-bond donors (Lipinski definition) is 2. The monoisotopic (exact) mass is 380 g/mol. The van der Waals surface area contributed by atoms with E-state index in [1.165, 1.54) is 6.33 Å². The van der Waals surface area contributed by atoms with Crippen LogP contribution in [-0.4, -0.2) is 23.1 Å². The van der Waals surface area contributed by atoms with E-state index in [-0.39, 0.29) is 5.75 Å². The van der Waals surface area contributed by atoms with Gasteiger partial charge < -0.3 is 15.8 Å². The molecule has 28 heavy (non-hydrogen) atoms. The summed E-state index contributed by atoms with van der Waals surface area (Å²) in [6.07, 6.45) is 6.96. The van der Waals surface area contributed by atoms with Crippen LogP contribution < -0.4 is 15.8 Å². The first-order valence-electron chi connectivity index (χ1n) is 8.70. The third-order valence-electron chi connectivity index (χ3n) is 4.84. The molecule has 3 N–H and O–H groups in total. The van der Waals surface area contributed by atoms with Crippen molar-refractivity contribution in [2.45, 2.75) is 12.0 Å². The molecule has 5 nitrogen and oxygen atoms in total. The summed E-state index contributed by atoms with van der Waals surface area (Å²) in [7, 11) is 0. The number of hydrogen-bond acceptors (Lipinski definition) is 5. The molecular weight excluding hydrogens is 362 g/mol. The maximum absolute atomic E-state index is 12.5. The van der Waals surface area contributed by atoms with Crippen LogP contribution in [0.5, 0.6) is 5.75 Å². The average molecular weight is 380 g/mol. The summed E-state index contributed by atoms with van der Waals surface area (Å²) in [6.45, 7) is -2.30. The van der Waals surface area contributed by atoms with Crippen LogP contribution in [0.3, 0.4) is 0 Å². The minimum Gasteiger partial charge on any atom is -0.435 e. The van der Waals surface area contributed by atoms with Crippen LogP contribution in [0, 0.1) is 0 Å². The molecule has 142 valence electrons. The Balaban J connectivity index is 1.77. The highest BCUT2D eigenvalue weighted by atomic mass is 19.3. The molecule has 0 saturated carbocycles. The van der Waals surface area contributed by atoms with Crippen LogP contribution in [0.25, 0.3) is 11.1 Å². The fraction of sp³-hybridized carbons (Fsp3) is 0.143. The summed E-state index contributed by atoms with van der Waals surface area (Å²) in [5, 5.41) is 3.18. The number of nitrogens with two attached hydrogens (primary N) is 1. The van der Waals surface area contributed by atoms with Crippen molar-refractivity contribution in [2.24, 2.45) is 5.73 Å². The topological polar surface area (TPSA) is 73.1 Å². The predicted molar refractivity (Wildman–Crippen MR) is 102 cm³/mol. The highest BCUT2D eigenvalue weighted by molar-refractivity contribution is 5.64. The van der Waals surface area contributed by atoms with Crippen LogP contribution in [0.1, 0.15) is 11.1 Å². The molecular formula is C21H18F2N4O. The third kappa shape index (κ3) is 3.38. The standard InChI is InChI=1S/C21H18F2N4O/c22-20(23)28-18-6-4-16(5-7-18)21(9-19(24)27-12-21)17-3-1-2-14(8-17)15-10-25-13-26-11-15/h1-11,13,20,27H,12,24H2. The molecule has 0 radical (unpaired) electrons. The van der Waals surface area contributed by atoms with Crippen LogP contribution in [0.4, 0.5) is 8.78 Å². The largest absolute Gasteiger partial charge is 0.435 e. The minimum atomic E-state index is -2.85. The summed E-state index contributed by atoms with van der Waals surface area (Å²) in [5.74, 6) is 0.688. The van der Waals surface area contributed by atoms with Gasteiger partial charge in [-0.2, -0.15) is 8.78 Å². The molecule has 2 aromatic carbocycles. The first kappa shape index (κ1) is 17.9. The molecule has 0 amide bonds. The van der Waals surface area contributed by atoms with Crippen LogP contribution in [-0.2, 0) is 5.41 Å². The molecule has 0 fully saturated rings. The number of benzene rings is 2. The van der Waals surface area contributed by atoms with Crippen LogP contribution in [0.2, 0.25) is 0 Å². The van der Waals surface area contributed by atoms with E-state index in [2.05, 4.69) is 26.1 Å². The van der Waals surface area contributed by atoms with Gasteiger partial charge in [-0.25, -0.2) is 9.97 Å². The fourth-order valence-corrected chi connectivity index (χ4v) is 3.50. The maximum Gasteiger partial charge on any atom is 0.387 e. The summed E-state index contributed by atoms with van der Waals surface area (Å²) in [4.78, 5) is 8.16. The highest BCUT2D eigenvalue weighted by Crippen LogP contribution is 2.38. The van der Waals surface area contributed by atoms with Crippen molar-refractivity contribution in [3.63, 3.8) is 0 Å². The van der Waals surface area contributed by atoms with E-state index < -0.39 is 12.0 Å². The van der Waals surface area contributed by atoms with E-state index >= 15 is 0 Å². The Hall–Kier alpha value is -3.48. The van der Waals surface area contributed by atoms with Gasteiger partial charge in [0.15, 0.2) is 0 Å². The molecule has 0 bridgehead atoms. The smallest absolute Gasteiger partial charge is 0.387 e. The quantitative estimate of drug-likeness (QED) is 0.709. The second-order valence-corrected chi connectivity index (χ2v) is 6.54. The van der Waals surface area contributed by atoms with Gasteiger partial charge >= 0.3 is 6.61 Å². The molecule has 1 aliphatic rings. The van der Waals surface area contributed by atoms with Gasteiger partial charge in [0, 0.05) is 24.5 Å². The molecule has 7 heteroatoms. The molecule has 1 unspecified atom stereocenters. The first-order valence-corrected chi connectivity index (χ1v) is 8.70. The average Bonchev–Trinajstić information content (AvgIpc) is 3.12. The van der Waals surface area contributed by atoms with Crippen molar-refractivity contribution in [3.05, 3.63) is 90.3 Å². The molecule has 0 spiro atoms. The van der Waals surface area contributed by atoms with Crippen molar-refractivity contribution in [3.8, 4) is 16.9 Å². The summed E-state index contributed by atoms with van der Waals surface area (Å²) >= 11 is 0. The molecule has 1 aromatic heterocycles. The number of aromatic nitrogens is 2. The molecule has 0 saturated heterocycles. The predicted octanol–water partition coefficient (Wildman–Crippen LogP) is 3.43. The SMILES string of the molecule is NC1=CC(c2ccc(OC(F)F)cc2)(c2cccc(-c3cncnc3)c2)CN1. The summed E-state index contributed by atoms with van der Waals surface area (Å²) in [5.41, 5.74) is 9.33. The van der Waals surface area contributed by atoms with Crippen molar-refractivity contribution in [1.29, 1.82) is 0 Å². The Morgan fingerprint density at radius 2 is 1.75 bits per heavy atom. The molecule has 1 aliphatic heterocycles. The van der Waals surface area contributed by atoms with Gasteiger partial charge in [-0.15, -0.1) is 0 Å². The second-order valence-electron chi connectivity index (χ2n) is 6.54. The van der Waals surface area contributed by atoms with Crippen molar-refractivity contribution < 1.29 is 13.5 Å². The molecule has 3 aromatic rings. The Morgan fingerprint density at radius 1 is 1.00 bits per heavy atom. The van der Waals surface area contributed by atoms with Crippen LogP contribution in [0.15, 0.2) is 79.1 Å². The number of halogens is 2. The Bertz CT molecular complexity index is 993. The van der Waals surface area contributed by atoms with E-state index in [1.807, 2.05) is 24.3 Å². The summed E-state index contributed by atoms with van der Waals surface area (Å²) < 4.78 is 29.4. The second kappa shape index (κ2) is 7.26. The molecule has 1 atom stereocenters. The van der Waals surface area contributed by atoms with Gasteiger partial charge in [0.25, 0.3) is 0 Å². The number of ether oxygens (including phenoxy) is 1. The lowest BCUT2D eigenvalue weighted by molar-refractivity contribution is -0.0498. The lowest BCUT2D eigenvalue weighted by Gasteiger charge is -2.28. The number of alkyl halides is 2. The number of nitrogens with zero attached hydrogens (tertiary/aromatic N) is 2. The molecule has 2 heterocycles. The van der Waals surface area contributed by atoms with Gasteiger partial charge in [-0.1, -0.05) is 30.3 Å². The maximum atomic E-state index is 12.5. The number of nitrogens with one attached hydrogen (secondary N) is 1. The Labute approximate surface area is 160 Å². The van der Waals surface area contributed by atoms with E-state index in [1.54, 1.807) is 36.7 Å². The normalized spacial score (nSPS) is 18.6. The Morgan fingerprint density at radius 3 is 2.39 bits per heavy atom. The van der Waals surface area contributed by atoms with E-state index in [4.69, 9.17) is 5.73 Å². The van der Waals surface area contributed by atoms with Crippen molar-refractivity contribution in [2.75, 3.05) is 6.54 Å². The minimum absolute atomic E-state index is 0.118. The fourth-order valence-electron chi connectivity index (χ4n) is 3.50. The first-order chi connectivity index (χ1) is 13.6. The lowest BCUT2D eigenvalue weighted by Crippen LogP contribution is -2.31. The zero-order valence-electron chi connectivity index (χ0n) is 14.8. The summed E-state index contributed by atoms with van der Waals surface area (Å²) in [6, 6.07) is 14.7. The zero-order chi connectivity index (χ0) is 19.6. The van der Waals surface area contributed by atoms with E-state index in [9.17, 15) is 8.78 Å². The molecule has 4 rings (SSSR count). The van der Waals surface area contributed by atoms with Gasteiger partial charge in [-0.3, -0.25) is 0 Å². The van der Waals surface area contributed by atoms with E-state index in [0.717, 1.165) is 22.3 Å². The zero-order valence-corrected chi connectivity index (χ0v) is 14.8. The van der Waals surface area contributed by atoms with Crippen molar-refractivity contribution >= 4 is 0 Å². The van der Waals surface area contributed by atoms with Gasteiger partial charge in [0.1, 0.15) is 12.1 Å². The lowest BCUT2D eigenvalue weighted by atomic mass is 9.75. The third-order valence-corrected chi connectivity index (χ3v) is 4.84. The van der Waals surface area contributed by atoms with Crippen molar-refractivity contribution in [1.82, 2.24) is 15.3 Å². The van der Waals surface area contributed by atoms with Crippen LogP contribution >= 0.6 is 0 Å². The number of rotatable bonds is 5. The Kier molecular flexibility index (Phi) is 4.65. The highest BCUT2D eigenvalue weighted by Gasteiger charge is 2.36.